The van der Waals surface area contributed by atoms with E-state index in [1.165, 1.54) is 6.39 Å². The number of hydrogen-bond donors (Lipinski definition) is 2. The minimum Gasteiger partial charge on any atom is -0.422 e. The van der Waals surface area contributed by atoms with E-state index in [-0.39, 0.29) is 24.1 Å². The Morgan fingerprint density at radius 2 is 2.09 bits per heavy atom. The zero-order valence-electron chi connectivity index (χ0n) is 18.8. The Hall–Kier alpha value is -3.76. The highest BCUT2D eigenvalue weighted by atomic mass is 35.5. The Labute approximate surface area is 198 Å². The van der Waals surface area contributed by atoms with Gasteiger partial charge in [0, 0.05) is 29.2 Å². The van der Waals surface area contributed by atoms with E-state index in [0.717, 1.165) is 21.9 Å². The van der Waals surface area contributed by atoms with Gasteiger partial charge in [0.1, 0.15) is 10.8 Å². The molecule has 1 atom stereocenters. The first-order valence-electron chi connectivity index (χ1n) is 10.7. The summed E-state index contributed by atoms with van der Waals surface area (Å²) in [6, 6.07) is 7.20. The molecule has 0 aliphatic rings. The van der Waals surface area contributed by atoms with Gasteiger partial charge in [0.05, 0.1) is 25.0 Å². The van der Waals surface area contributed by atoms with Crippen LogP contribution < -0.4 is 10.9 Å². The van der Waals surface area contributed by atoms with Crippen LogP contribution in [0.2, 0.25) is 5.15 Å². The van der Waals surface area contributed by atoms with Crippen molar-refractivity contribution < 1.29 is 9.52 Å². The number of aryl methyl sites for hydroxylation is 2. The first-order valence-corrected chi connectivity index (χ1v) is 11.1. The van der Waals surface area contributed by atoms with Gasteiger partial charge in [0.25, 0.3) is 11.4 Å². The van der Waals surface area contributed by atoms with E-state index in [0.29, 0.717) is 34.1 Å². The van der Waals surface area contributed by atoms with E-state index < -0.39 is 0 Å². The van der Waals surface area contributed by atoms with Crippen LogP contribution in [0.5, 0.6) is 0 Å². The number of anilines is 1. The molecule has 11 heteroatoms. The third-order valence-electron chi connectivity index (χ3n) is 5.82. The molecule has 0 bridgehead atoms. The van der Waals surface area contributed by atoms with Gasteiger partial charge in [-0.3, -0.25) is 9.36 Å². The van der Waals surface area contributed by atoms with Gasteiger partial charge in [-0.1, -0.05) is 17.7 Å². The quantitative estimate of drug-likeness (QED) is 0.355. The Morgan fingerprint density at radius 3 is 2.82 bits per heavy atom. The second-order valence-electron chi connectivity index (χ2n) is 8.11. The maximum atomic E-state index is 13.3. The first-order chi connectivity index (χ1) is 16.4. The maximum Gasteiger partial charge on any atom is 0.268 e. The summed E-state index contributed by atoms with van der Waals surface area (Å²) in [5.74, 6) is 0.243. The van der Waals surface area contributed by atoms with Crippen molar-refractivity contribution in [2.45, 2.75) is 26.4 Å². The number of nitrogens with one attached hydrogen (secondary N) is 1. The Bertz CT molecular complexity index is 1570. The predicted molar refractivity (Wildman–Crippen MR) is 129 cm³/mol. The zero-order chi connectivity index (χ0) is 24.0. The van der Waals surface area contributed by atoms with Crippen LogP contribution in [0, 0.1) is 6.92 Å². The van der Waals surface area contributed by atoms with Crippen molar-refractivity contribution in [3.05, 3.63) is 63.5 Å². The fourth-order valence-corrected chi connectivity index (χ4v) is 4.52. The monoisotopic (exact) mass is 479 g/mol. The van der Waals surface area contributed by atoms with E-state index in [2.05, 4.69) is 31.7 Å². The molecule has 34 heavy (non-hydrogen) atoms. The maximum absolute atomic E-state index is 13.3. The lowest BCUT2D eigenvalue weighted by Crippen LogP contribution is -2.21. The molecular formula is C23H22ClN7O3. The highest BCUT2D eigenvalue weighted by Crippen LogP contribution is 2.34. The van der Waals surface area contributed by atoms with Gasteiger partial charge in [-0.15, -0.1) is 10.2 Å². The van der Waals surface area contributed by atoms with Gasteiger partial charge in [-0.2, -0.15) is 5.10 Å². The van der Waals surface area contributed by atoms with E-state index in [4.69, 9.17) is 16.0 Å². The summed E-state index contributed by atoms with van der Waals surface area (Å²) in [6.07, 6.45) is 2.97. The van der Waals surface area contributed by atoms with Crippen LogP contribution in [0.25, 0.3) is 33.4 Å². The molecule has 0 aliphatic carbocycles. The summed E-state index contributed by atoms with van der Waals surface area (Å²) < 4.78 is 8.57. The molecule has 2 N–H and O–H groups in total. The Kier molecular flexibility index (Phi) is 5.54. The van der Waals surface area contributed by atoms with Crippen LogP contribution in [-0.4, -0.2) is 41.2 Å². The van der Waals surface area contributed by atoms with Crippen LogP contribution in [0.3, 0.4) is 0 Å². The first kappa shape index (κ1) is 22.1. The van der Waals surface area contributed by atoms with Crippen molar-refractivity contribution in [1.82, 2.24) is 29.5 Å². The highest BCUT2D eigenvalue weighted by Gasteiger charge is 2.21. The van der Waals surface area contributed by atoms with Gasteiger partial charge < -0.3 is 14.8 Å². The highest BCUT2D eigenvalue weighted by molar-refractivity contribution is 6.29. The van der Waals surface area contributed by atoms with Gasteiger partial charge in [0.2, 0.25) is 6.39 Å². The number of benzene rings is 1. The van der Waals surface area contributed by atoms with E-state index in [1.807, 2.05) is 19.9 Å². The molecule has 174 valence electrons. The summed E-state index contributed by atoms with van der Waals surface area (Å²) in [6.45, 7) is 4.18. The van der Waals surface area contributed by atoms with Crippen LogP contribution in [0.1, 0.15) is 24.1 Å². The second kappa shape index (κ2) is 8.54. The van der Waals surface area contributed by atoms with Crippen molar-refractivity contribution in [2.24, 2.45) is 7.05 Å². The number of aliphatic hydroxyl groups excluding tert-OH is 1. The summed E-state index contributed by atoms with van der Waals surface area (Å²) in [5, 5.41) is 27.6. The normalized spacial score (nSPS) is 12.5. The summed E-state index contributed by atoms with van der Waals surface area (Å²) in [7, 11) is 1.72. The SMILES string of the molecule is Cc1cc(C(C)Nc2ccc(Cl)nc2-c2nnco2)c2c(c1)c(=O)n(C)c1c2cnn1CCO. The molecule has 0 amide bonds. The van der Waals surface area contributed by atoms with E-state index in [9.17, 15) is 9.90 Å². The fraction of sp³-hybridized carbons (Fsp3) is 0.261. The minimum absolute atomic E-state index is 0.0796. The summed E-state index contributed by atoms with van der Waals surface area (Å²) in [5.41, 5.74) is 3.51. The average Bonchev–Trinajstić information content (AvgIpc) is 3.49. The number of nitrogens with zero attached hydrogens (tertiary/aromatic N) is 6. The van der Waals surface area contributed by atoms with Crippen molar-refractivity contribution in [1.29, 1.82) is 0 Å². The second-order valence-corrected chi connectivity index (χ2v) is 8.50. The molecule has 1 unspecified atom stereocenters. The third-order valence-corrected chi connectivity index (χ3v) is 6.03. The molecule has 4 aromatic heterocycles. The Morgan fingerprint density at radius 1 is 1.26 bits per heavy atom. The van der Waals surface area contributed by atoms with Gasteiger partial charge in [0.15, 0.2) is 5.69 Å². The number of hydrogen-bond acceptors (Lipinski definition) is 8. The van der Waals surface area contributed by atoms with Gasteiger partial charge >= 0.3 is 0 Å². The largest absolute Gasteiger partial charge is 0.422 e. The van der Waals surface area contributed by atoms with Crippen molar-refractivity contribution >= 4 is 39.1 Å². The van der Waals surface area contributed by atoms with Crippen LogP contribution in [-0.2, 0) is 13.6 Å². The van der Waals surface area contributed by atoms with Crippen LogP contribution >= 0.6 is 11.6 Å². The fourth-order valence-electron chi connectivity index (χ4n) is 4.37. The molecule has 0 saturated heterocycles. The zero-order valence-corrected chi connectivity index (χ0v) is 19.5. The number of aromatic nitrogens is 6. The molecule has 1 aromatic carbocycles. The van der Waals surface area contributed by atoms with Gasteiger partial charge in [-0.05, 0) is 43.2 Å². The third kappa shape index (κ3) is 3.61. The summed E-state index contributed by atoms with van der Waals surface area (Å²) >= 11 is 6.12. The minimum atomic E-state index is -0.233. The number of halogens is 1. The predicted octanol–water partition coefficient (Wildman–Crippen LogP) is 3.46. The lowest BCUT2D eigenvalue weighted by atomic mass is 9.95. The smallest absolute Gasteiger partial charge is 0.268 e. The van der Waals surface area contributed by atoms with Crippen molar-refractivity contribution in [3.63, 3.8) is 0 Å². The molecule has 0 spiro atoms. The standard InChI is InChI=1S/C23H22ClN7O3/c1-12-8-14(13(2)27-17-4-5-18(24)28-20(17)21-29-25-11-34-21)19-15(9-12)23(33)30(3)22-16(19)10-26-31(22)6-7-32/h4-5,8-11,13,27,32H,6-7H2,1-3H3. The summed E-state index contributed by atoms with van der Waals surface area (Å²) in [4.78, 5) is 17.7. The van der Waals surface area contributed by atoms with Crippen LogP contribution in [0.15, 0.2) is 46.1 Å². The number of rotatable bonds is 6. The lowest BCUT2D eigenvalue weighted by molar-refractivity contribution is 0.271. The van der Waals surface area contributed by atoms with Crippen LogP contribution in [0.4, 0.5) is 5.69 Å². The number of pyridine rings is 2. The molecule has 0 saturated carbocycles. The molecule has 10 nitrogen and oxygen atoms in total. The lowest BCUT2D eigenvalue weighted by Gasteiger charge is -2.20. The van der Waals surface area contributed by atoms with Gasteiger partial charge in [-0.25, -0.2) is 9.67 Å². The van der Waals surface area contributed by atoms with E-state index in [1.54, 1.807) is 34.6 Å². The average molecular weight is 480 g/mol. The molecule has 5 rings (SSSR count). The van der Waals surface area contributed by atoms with Crippen molar-refractivity contribution in [3.8, 4) is 11.6 Å². The molecule has 5 aromatic rings. The molecule has 4 heterocycles. The van der Waals surface area contributed by atoms with E-state index >= 15 is 0 Å². The van der Waals surface area contributed by atoms with Crippen molar-refractivity contribution in [2.75, 3.05) is 11.9 Å². The topological polar surface area (TPSA) is 124 Å². The molecular weight excluding hydrogens is 458 g/mol. The molecule has 0 radical (unpaired) electrons. The number of fused-ring (bicyclic) bond motifs is 3. The number of aliphatic hydroxyl groups is 1. The Balaban J connectivity index is 1.70. The molecule has 0 aliphatic heterocycles. The molecule has 0 fully saturated rings.